The van der Waals surface area contributed by atoms with E-state index in [1.54, 1.807) is 11.4 Å². The van der Waals surface area contributed by atoms with Crippen molar-refractivity contribution in [3.05, 3.63) is 12.2 Å². The predicted molar refractivity (Wildman–Crippen MR) is 127 cm³/mol. The van der Waals surface area contributed by atoms with Crippen LogP contribution in [0.3, 0.4) is 0 Å². The number of hydrogen-bond donors (Lipinski definition) is 1. The Labute approximate surface area is 190 Å². The van der Waals surface area contributed by atoms with Gasteiger partial charge in [0.15, 0.2) is 0 Å². The second-order valence-electron chi connectivity index (χ2n) is 11.0. The minimum absolute atomic E-state index is 0.0892. The van der Waals surface area contributed by atoms with Gasteiger partial charge in [-0.1, -0.05) is 23.5 Å². The number of carbonyl (C=O) groups is 1. The number of allylic oxidation sites excluding steroid dienone is 1. The van der Waals surface area contributed by atoms with Gasteiger partial charge in [-0.25, -0.2) is 0 Å². The lowest BCUT2D eigenvalue weighted by Gasteiger charge is -2.55. The maximum Gasteiger partial charge on any atom is 0.248 e. The summed E-state index contributed by atoms with van der Waals surface area (Å²) < 4.78 is 12.5. The molecule has 7 heteroatoms. The quantitative estimate of drug-likeness (QED) is 0.301. The van der Waals surface area contributed by atoms with Crippen molar-refractivity contribution in [1.29, 1.82) is 0 Å². The molecule has 0 unspecified atom stereocenters. The zero-order chi connectivity index (χ0) is 21.1. The van der Waals surface area contributed by atoms with Crippen LogP contribution in [0.1, 0.15) is 71.6 Å². The smallest absolute Gasteiger partial charge is 0.248 e. The first-order valence-corrected chi connectivity index (χ1v) is 15.9. The fraction of sp³-hybridized carbons (Fsp3) is 0.870. The highest BCUT2D eigenvalue weighted by Crippen LogP contribution is 2.74. The van der Waals surface area contributed by atoms with E-state index in [1.165, 1.54) is 24.8 Å². The van der Waals surface area contributed by atoms with Crippen LogP contribution >= 0.6 is 17.1 Å². The molecule has 4 atom stereocenters. The van der Waals surface area contributed by atoms with Crippen LogP contribution in [-0.2, 0) is 25.6 Å². The Kier molecular flexibility index (Phi) is 5.76. The standard InChI is InChI=1S/C23H36NO3PS2/c1-15(2)19-4-5-22(3)20(11-19)30-28(29,27-22)26-7-6-24-21(25)23-12-16-8-17(13-23)10-18(9-16)14-23/h16-20H,1,4-14H2,2-3H3,(H,24,25)/t16?,17?,18?,19-,20+,22+,23?,28-/m0/s1. The van der Waals surface area contributed by atoms with Crippen LogP contribution in [0.25, 0.3) is 0 Å². The van der Waals surface area contributed by atoms with Gasteiger partial charge >= 0.3 is 0 Å². The summed E-state index contributed by atoms with van der Waals surface area (Å²) in [7, 11) is 0. The van der Waals surface area contributed by atoms with Crippen molar-refractivity contribution in [2.24, 2.45) is 29.1 Å². The molecule has 0 spiro atoms. The predicted octanol–water partition coefficient (Wildman–Crippen LogP) is 5.83. The van der Waals surface area contributed by atoms with E-state index in [1.807, 2.05) is 0 Å². The second kappa shape index (κ2) is 7.87. The Morgan fingerprint density at radius 2 is 1.87 bits per heavy atom. The zero-order valence-corrected chi connectivity index (χ0v) is 20.9. The molecule has 168 valence electrons. The van der Waals surface area contributed by atoms with E-state index in [-0.39, 0.29) is 16.9 Å². The largest absolute Gasteiger partial charge is 0.353 e. The van der Waals surface area contributed by atoms with Gasteiger partial charge in [-0.2, -0.15) is 0 Å². The summed E-state index contributed by atoms with van der Waals surface area (Å²) in [5.41, 5.74) is -1.34. The van der Waals surface area contributed by atoms with Crippen molar-refractivity contribution in [3.8, 4) is 0 Å². The number of fused-ring (bicyclic) bond motifs is 1. The average molecular weight is 470 g/mol. The molecule has 1 N–H and O–H groups in total. The monoisotopic (exact) mass is 469 g/mol. The minimum Gasteiger partial charge on any atom is -0.353 e. The lowest BCUT2D eigenvalue weighted by atomic mass is 9.49. The van der Waals surface area contributed by atoms with Crippen LogP contribution < -0.4 is 5.32 Å². The second-order valence-corrected chi connectivity index (χ2v) is 17.4. The van der Waals surface area contributed by atoms with Crippen LogP contribution in [0.5, 0.6) is 0 Å². The molecule has 1 heterocycles. The van der Waals surface area contributed by atoms with E-state index < -0.39 is 5.69 Å². The van der Waals surface area contributed by atoms with Gasteiger partial charge in [-0.15, -0.1) is 0 Å². The van der Waals surface area contributed by atoms with Crippen LogP contribution in [0, 0.1) is 29.1 Å². The van der Waals surface area contributed by atoms with Gasteiger partial charge in [-0.05, 0) is 107 Å². The maximum atomic E-state index is 13.1. The molecule has 0 aromatic carbocycles. The molecule has 0 aromatic heterocycles. The normalized spacial score (nSPS) is 49.1. The molecule has 4 bridgehead atoms. The third kappa shape index (κ3) is 3.98. The third-order valence-corrected chi connectivity index (χ3v) is 14.3. The summed E-state index contributed by atoms with van der Waals surface area (Å²) in [5, 5.41) is 3.60. The van der Waals surface area contributed by atoms with Crippen molar-refractivity contribution in [1.82, 2.24) is 5.32 Å². The van der Waals surface area contributed by atoms with Crippen LogP contribution in [0.15, 0.2) is 12.2 Å². The Hall–Kier alpha value is 0.130. The van der Waals surface area contributed by atoms with Crippen molar-refractivity contribution in [3.63, 3.8) is 0 Å². The summed E-state index contributed by atoms with van der Waals surface area (Å²) in [4.78, 5) is 13.1. The van der Waals surface area contributed by atoms with E-state index in [4.69, 9.17) is 20.9 Å². The van der Waals surface area contributed by atoms with E-state index in [2.05, 4.69) is 25.7 Å². The van der Waals surface area contributed by atoms with E-state index >= 15 is 0 Å². The number of rotatable bonds is 6. The summed E-state index contributed by atoms with van der Waals surface area (Å²) in [6.07, 6.45) is 10.6. The highest BCUT2D eigenvalue weighted by atomic mass is 32.9. The van der Waals surface area contributed by atoms with Crippen LogP contribution in [0.4, 0.5) is 0 Å². The Morgan fingerprint density at radius 1 is 1.23 bits per heavy atom. The van der Waals surface area contributed by atoms with Crippen molar-refractivity contribution >= 4 is 34.8 Å². The molecule has 1 amide bonds. The Bertz CT molecular complexity index is 751. The molecule has 4 nitrogen and oxygen atoms in total. The molecule has 1 aliphatic heterocycles. The van der Waals surface area contributed by atoms with Crippen molar-refractivity contribution in [2.45, 2.75) is 82.5 Å². The Morgan fingerprint density at radius 3 is 2.47 bits per heavy atom. The van der Waals surface area contributed by atoms with Crippen molar-refractivity contribution < 1.29 is 13.8 Å². The molecule has 6 aliphatic rings. The summed E-state index contributed by atoms with van der Waals surface area (Å²) in [6.45, 7) is 9.48. The molecule has 5 aliphatic carbocycles. The first-order valence-electron chi connectivity index (χ1n) is 11.8. The van der Waals surface area contributed by atoms with Crippen molar-refractivity contribution in [2.75, 3.05) is 13.2 Å². The topological polar surface area (TPSA) is 47.6 Å². The number of amides is 1. The molecule has 1 saturated heterocycles. The molecule has 0 aromatic rings. The first kappa shape index (κ1) is 21.9. The number of carbonyl (C=O) groups excluding carboxylic acids is 1. The summed E-state index contributed by atoms with van der Waals surface area (Å²) >= 11 is 7.60. The van der Waals surface area contributed by atoms with Gasteiger partial charge in [0, 0.05) is 17.2 Å². The van der Waals surface area contributed by atoms with Gasteiger partial charge in [0.2, 0.25) is 11.6 Å². The minimum atomic E-state index is -2.35. The molecule has 30 heavy (non-hydrogen) atoms. The summed E-state index contributed by atoms with van der Waals surface area (Å²) in [6, 6.07) is 0. The van der Waals surface area contributed by atoms with Gasteiger partial charge in [0.25, 0.3) is 0 Å². The third-order valence-electron chi connectivity index (χ3n) is 8.60. The van der Waals surface area contributed by atoms with Crippen LogP contribution in [0.2, 0.25) is 0 Å². The zero-order valence-electron chi connectivity index (χ0n) is 18.4. The highest BCUT2D eigenvalue weighted by molar-refractivity contribution is 8.68. The first-order chi connectivity index (χ1) is 14.2. The van der Waals surface area contributed by atoms with E-state index in [0.29, 0.717) is 24.3 Å². The fourth-order valence-corrected chi connectivity index (χ4v) is 14.2. The summed E-state index contributed by atoms with van der Waals surface area (Å²) in [5.74, 6) is 3.20. The number of nitrogens with one attached hydrogen (secondary N) is 1. The SMILES string of the molecule is C=C(C)[C@H]1CC[C@@]2(C)O[P@](=S)(OCCNC(=O)C34CC5CC(CC(C5)C3)C4)S[C@@H]2C1. The fourth-order valence-electron chi connectivity index (χ4n) is 7.34. The van der Waals surface area contributed by atoms with Gasteiger partial charge in [0.1, 0.15) is 0 Å². The molecule has 6 rings (SSSR count). The average Bonchev–Trinajstić information content (AvgIpc) is 2.93. The lowest BCUT2D eigenvalue weighted by Crippen LogP contribution is -2.53. The van der Waals surface area contributed by atoms with E-state index in [9.17, 15) is 4.79 Å². The maximum absolute atomic E-state index is 13.1. The highest BCUT2D eigenvalue weighted by Gasteiger charge is 2.55. The molecule has 0 radical (unpaired) electrons. The number of hydrogen-bond acceptors (Lipinski definition) is 5. The van der Waals surface area contributed by atoms with Crippen LogP contribution in [-0.4, -0.2) is 29.9 Å². The molecule has 6 fully saturated rings. The van der Waals surface area contributed by atoms with Gasteiger partial charge in [0.05, 0.1) is 12.2 Å². The van der Waals surface area contributed by atoms with Gasteiger partial charge in [-0.3, -0.25) is 4.79 Å². The molecular formula is C23H36NO3PS2. The lowest BCUT2D eigenvalue weighted by molar-refractivity contribution is -0.146. The molecular weight excluding hydrogens is 433 g/mol. The molecule has 5 saturated carbocycles. The van der Waals surface area contributed by atoms with Gasteiger partial charge < -0.3 is 14.4 Å². The van der Waals surface area contributed by atoms with E-state index in [0.717, 1.165) is 56.3 Å². The Balaban J connectivity index is 1.12.